The molecule has 0 saturated carbocycles. The van der Waals surface area contributed by atoms with E-state index in [4.69, 9.17) is 14.8 Å². The van der Waals surface area contributed by atoms with Crippen LogP contribution in [0.25, 0.3) is 10.9 Å². The maximum Gasteiger partial charge on any atom is 0.353 e. The molecule has 0 aliphatic carbocycles. The van der Waals surface area contributed by atoms with E-state index in [2.05, 4.69) is 4.98 Å². The number of aromatic nitrogens is 1. The quantitative estimate of drug-likeness (QED) is 0.826. The van der Waals surface area contributed by atoms with Crippen LogP contribution in [0.15, 0.2) is 36.4 Å². The molecular weight excluding hydrogens is 275 g/mol. The Kier molecular flexibility index (Phi) is 4.89. The van der Waals surface area contributed by atoms with Crippen LogP contribution in [-0.2, 0) is 13.6 Å². The molecule has 2 rings (SSSR count). The standard InChI is InChI=1S/C14H19N2O3P/c1-3-18-20(17,19-4-2)14(15)13-10-9-11-7-5-6-8-12(11)16-13/h5-10,14H,3-4,15H2,1-2H3/t14-/m0/s1. The van der Waals surface area contributed by atoms with E-state index in [1.54, 1.807) is 19.9 Å². The summed E-state index contributed by atoms with van der Waals surface area (Å²) in [4.78, 5) is 4.45. The maximum atomic E-state index is 12.6. The molecule has 5 nitrogen and oxygen atoms in total. The van der Waals surface area contributed by atoms with Crippen molar-refractivity contribution in [2.75, 3.05) is 13.2 Å². The van der Waals surface area contributed by atoms with Crippen LogP contribution in [0.4, 0.5) is 0 Å². The van der Waals surface area contributed by atoms with Crippen molar-refractivity contribution >= 4 is 18.5 Å². The molecule has 1 aromatic heterocycles. The van der Waals surface area contributed by atoms with Crippen molar-refractivity contribution in [1.29, 1.82) is 0 Å². The largest absolute Gasteiger partial charge is 0.353 e. The second-order valence-corrected chi connectivity index (χ2v) is 6.40. The summed E-state index contributed by atoms with van der Waals surface area (Å²) in [6, 6.07) is 11.3. The van der Waals surface area contributed by atoms with Crippen molar-refractivity contribution in [2.45, 2.75) is 19.6 Å². The third-order valence-electron chi connectivity index (χ3n) is 2.88. The Bertz CT molecular complexity index is 623. The first kappa shape index (κ1) is 15.1. The number of hydrogen-bond acceptors (Lipinski definition) is 5. The molecule has 108 valence electrons. The zero-order chi connectivity index (χ0) is 14.6. The van der Waals surface area contributed by atoms with E-state index >= 15 is 0 Å². The first-order valence-corrected chi connectivity index (χ1v) is 8.22. The van der Waals surface area contributed by atoms with Gasteiger partial charge in [-0.3, -0.25) is 9.55 Å². The fraction of sp³-hybridized carbons (Fsp3) is 0.357. The van der Waals surface area contributed by atoms with Gasteiger partial charge in [0.25, 0.3) is 0 Å². The maximum absolute atomic E-state index is 12.6. The van der Waals surface area contributed by atoms with E-state index in [9.17, 15) is 4.57 Å². The molecule has 0 spiro atoms. The molecule has 6 heteroatoms. The van der Waals surface area contributed by atoms with Gasteiger partial charge in [-0.2, -0.15) is 0 Å². The second kappa shape index (κ2) is 6.46. The smallest absolute Gasteiger partial charge is 0.313 e. The first-order valence-electron chi connectivity index (χ1n) is 6.60. The van der Waals surface area contributed by atoms with Crippen LogP contribution in [0.2, 0.25) is 0 Å². The lowest BCUT2D eigenvalue weighted by Crippen LogP contribution is -2.16. The number of fused-ring (bicyclic) bond motifs is 1. The molecule has 2 N–H and O–H groups in total. The van der Waals surface area contributed by atoms with E-state index in [1.807, 2.05) is 30.3 Å². The predicted molar refractivity (Wildman–Crippen MR) is 79.5 cm³/mol. The molecule has 0 saturated heterocycles. The highest BCUT2D eigenvalue weighted by atomic mass is 31.2. The summed E-state index contributed by atoms with van der Waals surface area (Å²) >= 11 is 0. The first-order chi connectivity index (χ1) is 9.60. The zero-order valence-corrected chi connectivity index (χ0v) is 12.5. The molecular formula is C14H19N2O3P. The Morgan fingerprint density at radius 2 is 1.80 bits per heavy atom. The summed E-state index contributed by atoms with van der Waals surface area (Å²) in [5.74, 6) is -0.882. The lowest BCUT2D eigenvalue weighted by atomic mass is 10.2. The van der Waals surface area contributed by atoms with E-state index in [0.29, 0.717) is 5.69 Å². The van der Waals surface area contributed by atoms with Gasteiger partial charge in [0.2, 0.25) is 0 Å². The topological polar surface area (TPSA) is 74.4 Å². The highest BCUT2D eigenvalue weighted by Gasteiger charge is 2.34. The summed E-state index contributed by atoms with van der Waals surface area (Å²) in [6.07, 6.45) is 0. The van der Waals surface area contributed by atoms with Gasteiger partial charge in [-0.25, -0.2) is 0 Å². The molecule has 0 aliphatic heterocycles. The lowest BCUT2D eigenvalue weighted by molar-refractivity contribution is 0.212. The average Bonchev–Trinajstić information content (AvgIpc) is 2.46. The van der Waals surface area contributed by atoms with Crippen molar-refractivity contribution in [3.05, 3.63) is 42.1 Å². The molecule has 1 aromatic carbocycles. The highest BCUT2D eigenvalue weighted by Crippen LogP contribution is 2.57. The Hall–Kier alpha value is -1.26. The van der Waals surface area contributed by atoms with Gasteiger partial charge in [-0.05, 0) is 26.0 Å². The number of hydrogen-bond donors (Lipinski definition) is 1. The van der Waals surface area contributed by atoms with Crippen LogP contribution >= 0.6 is 7.60 Å². The van der Waals surface area contributed by atoms with Crippen LogP contribution in [0, 0.1) is 0 Å². The third kappa shape index (κ3) is 3.07. The molecule has 0 amide bonds. The lowest BCUT2D eigenvalue weighted by Gasteiger charge is -2.22. The molecule has 20 heavy (non-hydrogen) atoms. The van der Waals surface area contributed by atoms with Crippen LogP contribution in [0.5, 0.6) is 0 Å². The SMILES string of the molecule is CCOP(=O)(OCC)[C@H](N)c1ccc2ccccc2n1. The number of nitrogens with two attached hydrogens (primary N) is 1. The third-order valence-corrected chi connectivity index (χ3v) is 5.06. The number of rotatable bonds is 6. The van der Waals surface area contributed by atoms with E-state index in [1.165, 1.54) is 0 Å². The van der Waals surface area contributed by atoms with E-state index in [-0.39, 0.29) is 13.2 Å². The minimum absolute atomic E-state index is 0.276. The fourth-order valence-electron chi connectivity index (χ4n) is 1.97. The van der Waals surface area contributed by atoms with Crippen LogP contribution < -0.4 is 5.73 Å². The predicted octanol–water partition coefficient (Wildman–Crippen LogP) is 3.46. The van der Waals surface area contributed by atoms with Gasteiger partial charge >= 0.3 is 7.60 Å². The highest BCUT2D eigenvalue weighted by molar-refractivity contribution is 7.54. The van der Waals surface area contributed by atoms with Crippen LogP contribution in [0.1, 0.15) is 25.3 Å². The molecule has 1 heterocycles. The molecule has 0 bridgehead atoms. The van der Waals surface area contributed by atoms with Gasteiger partial charge in [-0.15, -0.1) is 0 Å². The molecule has 0 fully saturated rings. The summed E-state index contributed by atoms with van der Waals surface area (Å²) < 4.78 is 23.2. The van der Waals surface area contributed by atoms with Crippen molar-refractivity contribution < 1.29 is 13.6 Å². The van der Waals surface area contributed by atoms with Crippen LogP contribution in [0.3, 0.4) is 0 Å². The van der Waals surface area contributed by atoms with Crippen molar-refractivity contribution in [3.63, 3.8) is 0 Å². The van der Waals surface area contributed by atoms with Gasteiger partial charge in [0.15, 0.2) is 5.78 Å². The van der Waals surface area contributed by atoms with Gasteiger partial charge < -0.3 is 14.8 Å². The Balaban J connectivity index is 2.38. The van der Waals surface area contributed by atoms with Gasteiger partial charge in [0.1, 0.15) is 0 Å². The van der Waals surface area contributed by atoms with Crippen molar-refractivity contribution in [1.82, 2.24) is 4.98 Å². The van der Waals surface area contributed by atoms with Gasteiger partial charge in [0, 0.05) is 5.39 Å². The molecule has 0 radical (unpaired) electrons. The van der Waals surface area contributed by atoms with Gasteiger partial charge in [0.05, 0.1) is 24.4 Å². The fourth-order valence-corrected chi connectivity index (χ4v) is 3.55. The van der Waals surface area contributed by atoms with Gasteiger partial charge in [-0.1, -0.05) is 24.3 Å². The van der Waals surface area contributed by atoms with E-state index < -0.39 is 13.4 Å². The number of pyridine rings is 1. The zero-order valence-electron chi connectivity index (χ0n) is 11.7. The second-order valence-electron chi connectivity index (χ2n) is 4.25. The summed E-state index contributed by atoms with van der Waals surface area (Å²) in [6.45, 7) is 4.07. The summed E-state index contributed by atoms with van der Waals surface area (Å²) in [5, 5.41) is 1.01. The molecule has 1 atom stereocenters. The monoisotopic (exact) mass is 294 g/mol. The normalized spacial score (nSPS) is 13.6. The van der Waals surface area contributed by atoms with E-state index in [0.717, 1.165) is 10.9 Å². The Labute approximate surface area is 118 Å². The summed E-state index contributed by atoms with van der Waals surface area (Å²) in [5.41, 5.74) is 7.37. The molecule has 0 aliphatic rings. The molecule has 2 aromatic rings. The Morgan fingerprint density at radius 3 is 2.45 bits per heavy atom. The number of para-hydroxylation sites is 1. The molecule has 0 unspecified atom stereocenters. The van der Waals surface area contributed by atoms with Crippen molar-refractivity contribution in [3.8, 4) is 0 Å². The minimum atomic E-state index is -3.40. The number of benzene rings is 1. The van der Waals surface area contributed by atoms with Crippen molar-refractivity contribution in [2.24, 2.45) is 5.73 Å². The number of nitrogens with zero attached hydrogens (tertiary/aromatic N) is 1. The summed E-state index contributed by atoms with van der Waals surface area (Å²) in [7, 11) is -3.40. The minimum Gasteiger partial charge on any atom is -0.313 e. The Morgan fingerprint density at radius 1 is 1.15 bits per heavy atom. The van der Waals surface area contributed by atoms with Crippen LogP contribution in [-0.4, -0.2) is 18.2 Å². The average molecular weight is 294 g/mol.